The molecule has 0 radical (unpaired) electrons. The number of hydrogen-bond donors (Lipinski definition) is 2. The molecule has 0 aromatic rings. The molecule has 0 saturated heterocycles. The van der Waals surface area contributed by atoms with Gasteiger partial charge in [-0.15, -0.1) is 0 Å². The Morgan fingerprint density at radius 1 is 1.06 bits per heavy atom. The summed E-state index contributed by atoms with van der Waals surface area (Å²) in [7, 11) is 0. The van der Waals surface area contributed by atoms with Gasteiger partial charge in [-0.05, 0) is 44.9 Å². The lowest BCUT2D eigenvalue weighted by Gasteiger charge is -2.43. The fourth-order valence-electron chi connectivity index (χ4n) is 2.89. The van der Waals surface area contributed by atoms with Crippen LogP contribution in [0.25, 0.3) is 0 Å². The smallest absolute Gasteiger partial charge is 0.0741 e. The van der Waals surface area contributed by atoms with Gasteiger partial charge >= 0.3 is 0 Å². The average Bonchev–Trinajstić information content (AvgIpc) is 2.15. The third-order valence-electron chi connectivity index (χ3n) is 4.40. The van der Waals surface area contributed by atoms with E-state index in [1.807, 2.05) is 13.8 Å². The van der Waals surface area contributed by atoms with Crippen LogP contribution < -0.4 is 5.32 Å². The van der Waals surface area contributed by atoms with Gasteiger partial charge in [-0.3, -0.25) is 0 Å². The Bertz CT molecular complexity index is 236. The molecular formula is C15H31NO. The quantitative estimate of drug-likeness (QED) is 0.794. The van der Waals surface area contributed by atoms with Crippen LogP contribution in [-0.4, -0.2) is 22.8 Å². The van der Waals surface area contributed by atoms with Crippen molar-refractivity contribution in [3.05, 3.63) is 0 Å². The Hall–Kier alpha value is -0.0800. The molecule has 2 nitrogen and oxygen atoms in total. The van der Waals surface area contributed by atoms with Crippen LogP contribution in [0.4, 0.5) is 0 Å². The fourth-order valence-corrected chi connectivity index (χ4v) is 2.89. The number of nitrogens with one attached hydrogen (secondary N) is 1. The van der Waals surface area contributed by atoms with E-state index in [-0.39, 0.29) is 6.04 Å². The second-order valence-electron chi connectivity index (χ2n) is 7.41. The molecule has 1 rings (SSSR count). The second kappa shape index (κ2) is 5.27. The van der Waals surface area contributed by atoms with E-state index in [4.69, 9.17) is 0 Å². The van der Waals surface area contributed by atoms with E-state index >= 15 is 0 Å². The number of hydrogen-bond acceptors (Lipinski definition) is 2. The molecule has 1 aliphatic rings. The molecule has 17 heavy (non-hydrogen) atoms. The van der Waals surface area contributed by atoms with Gasteiger partial charge in [0.15, 0.2) is 0 Å². The lowest BCUT2D eigenvalue weighted by Crippen LogP contribution is -2.53. The molecule has 0 spiro atoms. The van der Waals surface area contributed by atoms with Crippen LogP contribution >= 0.6 is 0 Å². The molecule has 0 aromatic heterocycles. The van der Waals surface area contributed by atoms with Crippen LogP contribution in [0.15, 0.2) is 0 Å². The Morgan fingerprint density at radius 3 is 2.06 bits per heavy atom. The SMILES string of the molecule is CC(NC1CCCCC1C(C)(C)C)C(C)(C)O. The Kier molecular flexibility index (Phi) is 4.65. The molecule has 0 aliphatic heterocycles. The van der Waals surface area contributed by atoms with Crippen molar-refractivity contribution >= 4 is 0 Å². The molecule has 0 amide bonds. The molecule has 102 valence electrons. The van der Waals surface area contributed by atoms with Gasteiger partial charge in [0.1, 0.15) is 0 Å². The summed E-state index contributed by atoms with van der Waals surface area (Å²) in [6, 6.07) is 0.709. The first-order valence-corrected chi connectivity index (χ1v) is 7.11. The first kappa shape index (κ1) is 15.0. The zero-order valence-corrected chi connectivity index (χ0v) is 12.5. The zero-order valence-electron chi connectivity index (χ0n) is 12.5. The summed E-state index contributed by atoms with van der Waals surface area (Å²) in [5.41, 5.74) is -0.280. The molecule has 2 N–H and O–H groups in total. The highest BCUT2D eigenvalue weighted by molar-refractivity contribution is 4.92. The maximum atomic E-state index is 10.0. The van der Waals surface area contributed by atoms with Crippen molar-refractivity contribution in [1.29, 1.82) is 0 Å². The predicted molar refractivity (Wildman–Crippen MR) is 74.1 cm³/mol. The van der Waals surface area contributed by atoms with E-state index in [0.29, 0.717) is 11.5 Å². The molecule has 3 unspecified atom stereocenters. The summed E-state index contributed by atoms with van der Waals surface area (Å²) in [5, 5.41) is 13.7. The predicted octanol–water partition coefficient (Wildman–Crippen LogP) is 3.34. The highest BCUT2D eigenvalue weighted by atomic mass is 16.3. The molecule has 1 saturated carbocycles. The first-order valence-electron chi connectivity index (χ1n) is 7.11. The molecule has 2 heteroatoms. The molecule has 1 aliphatic carbocycles. The Balaban J connectivity index is 2.67. The zero-order chi connectivity index (χ0) is 13.3. The van der Waals surface area contributed by atoms with Gasteiger partial charge in [-0.1, -0.05) is 33.6 Å². The van der Waals surface area contributed by atoms with Crippen molar-refractivity contribution in [2.45, 2.75) is 84.9 Å². The molecule has 0 heterocycles. The van der Waals surface area contributed by atoms with E-state index in [2.05, 4.69) is 33.0 Å². The van der Waals surface area contributed by atoms with Gasteiger partial charge in [0.25, 0.3) is 0 Å². The first-order chi connectivity index (χ1) is 7.62. The van der Waals surface area contributed by atoms with Gasteiger partial charge < -0.3 is 10.4 Å². The largest absolute Gasteiger partial charge is 0.389 e. The molecule has 1 fully saturated rings. The standard InChI is InChI=1S/C15H31NO/c1-11(15(5,6)17)16-13-10-8-7-9-12(13)14(2,3)4/h11-13,16-17H,7-10H2,1-6H3. The van der Waals surface area contributed by atoms with Gasteiger partial charge in [0, 0.05) is 12.1 Å². The molecule has 3 atom stereocenters. The van der Waals surface area contributed by atoms with Crippen molar-refractivity contribution in [3.63, 3.8) is 0 Å². The normalized spacial score (nSPS) is 29.1. The van der Waals surface area contributed by atoms with E-state index < -0.39 is 5.60 Å². The van der Waals surface area contributed by atoms with Crippen molar-refractivity contribution < 1.29 is 5.11 Å². The van der Waals surface area contributed by atoms with Crippen LogP contribution in [0.2, 0.25) is 0 Å². The van der Waals surface area contributed by atoms with E-state index in [0.717, 1.165) is 5.92 Å². The van der Waals surface area contributed by atoms with Gasteiger partial charge in [0.05, 0.1) is 5.60 Å². The molecule has 0 bridgehead atoms. The van der Waals surface area contributed by atoms with Crippen molar-refractivity contribution in [3.8, 4) is 0 Å². The summed E-state index contributed by atoms with van der Waals surface area (Å²) in [5.74, 6) is 0.723. The van der Waals surface area contributed by atoms with E-state index in [1.54, 1.807) is 0 Å². The monoisotopic (exact) mass is 241 g/mol. The van der Waals surface area contributed by atoms with Gasteiger partial charge in [-0.25, -0.2) is 0 Å². The lowest BCUT2D eigenvalue weighted by molar-refractivity contribution is 0.0245. The highest BCUT2D eigenvalue weighted by Crippen LogP contribution is 2.38. The third kappa shape index (κ3) is 4.26. The van der Waals surface area contributed by atoms with Crippen molar-refractivity contribution in [1.82, 2.24) is 5.32 Å². The third-order valence-corrected chi connectivity index (χ3v) is 4.40. The molecule has 0 aromatic carbocycles. The van der Waals surface area contributed by atoms with Gasteiger partial charge in [0.2, 0.25) is 0 Å². The second-order valence-corrected chi connectivity index (χ2v) is 7.41. The minimum Gasteiger partial charge on any atom is -0.389 e. The van der Waals surface area contributed by atoms with E-state index in [1.165, 1.54) is 25.7 Å². The van der Waals surface area contributed by atoms with Crippen LogP contribution in [0, 0.1) is 11.3 Å². The number of aliphatic hydroxyl groups is 1. The number of rotatable bonds is 3. The van der Waals surface area contributed by atoms with Crippen molar-refractivity contribution in [2.24, 2.45) is 11.3 Å². The molecular weight excluding hydrogens is 210 g/mol. The minimum atomic E-state index is -0.639. The average molecular weight is 241 g/mol. The lowest BCUT2D eigenvalue weighted by atomic mass is 9.69. The maximum absolute atomic E-state index is 10.0. The Labute approximate surface area is 107 Å². The summed E-state index contributed by atoms with van der Waals surface area (Å²) in [6.07, 6.45) is 5.25. The Morgan fingerprint density at radius 2 is 1.59 bits per heavy atom. The van der Waals surface area contributed by atoms with Gasteiger partial charge in [-0.2, -0.15) is 0 Å². The van der Waals surface area contributed by atoms with Crippen LogP contribution in [0.5, 0.6) is 0 Å². The van der Waals surface area contributed by atoms with Crippen molar-refractivity contribution in [2.75, 3.05) is 0 Å². The maximum Gasteiger partial charge on any atom is 0.0741 e. The minimum absolute atomic E-state index is 0.149. The highest BCUT2D eigenvalue weighted by Gasteiger charge is 2.36. The summed E-state index contributed by atoms with van der Waals surface area (Å²) in [6.45, 7) is 12.9. The van der Waals surface area contributed by atoms with Crippen LogP contribution in [-0.2, 0) is 0 Å². The van der Waals surface area contributed by atoms with Crippen LogP contribution in [0.3, 0.4) is 0 Å². The summed E-state index contributed by atoms with van der Waals surface area (Å²) < 4.78 is 0. The topological polar surface area (TPSA) is 32.3 Å². The van der Waals surface area contributed by atoms with E-state index in [9.17, 15) is 5.11 Å². The summed E-state index contributed by atoms with van der Waals surface area (Å²) >= 11 is 0. The summed E-state index contributed by atoms with van der Waals surface area (Å²) in [4.78, 5) is 0. The fraction of sp³-hybridized carbons (Fsp3) is 1.00. The van der Waals surface area contributed by atoms with Crippen LogP contribution in [0.1, 0.15) is 67.2 Å².